The van der Waals surface area contributed by atoms with Gasteiger partial charge in [-0.15, -0.1) is 0 Å². The van der Waals surface area contributed by atoms with Crippen molar-refractivity contribution < 1.29 is 27.5 Å². The van der Waals surface area contributed by atoms with E-state index >= 15 is 4.39 Å². The molecular weight excluding hydrogens is 511 g/mol. The monoisotopic (exact) mass is 535 g/mol. The predicted octanol–water partition coefficient (Wildman–Crippen LogP) is 4.38. The Hall–Kier alpha value is -3.60. The Kier molecular flexibility index (Phi) is 7.44. The van der Waals surface area contributed by atoms with Crippen LogP contribution in [0.3, 0.4) is 0 Å². The largest absolute Gasteiger partial charge is 0.618 e. The lowest BCUT2D eigenvalue weighted by molar-refractivity contribution is -0.611. The van der Waals surface area contributed by atoms with E-state index < -0.39 is 41.9 Å². The molecule has 0 radical (unpaired) electrons. The summed E-state index contributed by atoms with van der Waals surface area (Å²) < 4.78 is 45.3. The number of anilines is 1. The van der Waals surface area contributed by atoms with Gasteiger partial charge in [-0.1, -0.05) is 11.6 Å². The van der Waals surface area contributed by atoms with Crippen LogP contribution in [0.25, 0.3) is 11.1 Å². The van der Waals surface area contributed by atoms with Gasteiger partial charge in [-0.05, 0) is 43.0 Å². The van der Waals surface area contributed by atoms with Crippen LogP contribution in [-0.2, 0) is 11.8 Å². The molecule has 1 aliphatic rings. The highest BCUT2D eigenvalue weighted by Crippen LogP contribution is 2.38. The Morgan fingerprint density at radius 1 is 1.30 bits per heavy atom. The van der Waals surface area contributed by atoms with Crippen LogP contribution in [0.1, 0.15) is 41.9 Å². The number of carbonyl (C=O) groups is 2. The van der Waals surface area contributed by atoms with Gasteiger partial charge < -0.3 is 15.8 Å². The second kappa shape index (κ2) is 10.4. The first-order valence-corrected chi connectivity index (χ1v) is 12.0. The lowest BCUT2D eigenvalue weighted by atomic mass is 9.81. The van der Waals surface area contributed by atoms with Crippen molar-refractivity contribution in [3.05, 3.63) is 70.2 Å². The number of aromatic nitrogens is 3. The average Bonchev–Trinajstić information content (AvgIpc) is 3.26. The fraction of sp³-hybridized carbons (Fsp3) is 0.360. The Labute approximate surface area is 216 Å². The van der Waals surface area contributed by atoms with E-state index in [1.165, 1.54) is 55.3 Å². The van der Waals surface area contributed by atoms with E-state index in [1.807, 2.05) is 0 Å². The molecule has 1 aliphatic carbocycles. The van der Waals surface area contributed by atoms with Crippen LogP contribution in [0.4, 0.5) is 18.9 Å². The second-order valence-electron chi connectivity index (χ2n) is 9.14. The quantitative estimate of drug-likeness (QED) is 0.361. The van der Waals surface area contributed by atoms with Gasteiger partial charge in [-0.3, -0.25) is 14.3 Å². The van der Waals surface area contributed by atoms with E-state index in [0.717, 1.165) is 6.07 Å². The normalized spacial score (nSPS) is 17.7. The van der Waals surface area contributed by atoms with Crippen LogP contribution in [0.15, 0.2) is 42.7 Å². The third kappa shape index (κ3) is 5.71. The van der Waals surface area contributed by atoms with Gasteiger partial charge >= 0.3 is 0 Å². The van der Waals surface area contributed by atoms with E-state index in [2.05, 4.69) is 15.7 Å². The number of pyridine rings is 1. The molecule has 196 valence electrons. The zero-order valence-electron chi connectivity index (χ0n) is 20.1. The summed E-state index contributed by atoms with van der Waals surface area (Å²) in [6, 6.07) is 5.31. The minimum absolute atomic E-state index is 0.0494. The van der Waals surface area contributed by atoms with Crippen molar-refractivity contribution in [3.63, 3.8) is 0 Å². The van der Waals surface area contributed by atoms with Crippen LogP contribution < -0.4 is 15.4 Å². The minimum atomic E-state index is -2.96. The van der Waals surface area contributed by atoms with Crippen molar-refractivity contribution in [2.75, 3.05) is 5.32 Å². The Morgan fingerprint density at radius 2 is 2.05 bits per heavy atom. The molecule has 1 aromatic carbocycles. The summed E-state index contributed by atoms with van der Waals surface area (Å²) in [7, 11) is 1.54. The average molecular weight is 536 g/mol. The molecule has 2 N–H and O–H groups in total. The third-order valence-corrected chi connectivity index (χ3v) is 6.88. The molecule has 0 saturated heterocycles. The number of hydrogen-bond donors (Lipinski definition) is 2. The Bertz CT molecular complexity index is 1350. The van der Waals surface area contributed by atoms with Gasteiger partial charge in [0.1, 0.15) is 17.6 Å². The minimum Gasteiger partial charge on any atom is -0.618 e. The molecule has 2 atom stereocenters. The number of aryl methyl sites for hydroxylation is 1. The molecule has 0 aliphatic heterocycles. The van der Waals surface area contributed by atoms with Crippen LogP contribution >= 0.6 is 11.6 Å². The van der Waals surface area contributed by atoms with E-state index in [1.54, 1.807) is 0 Å². The number of carbonyl (C=O) groups excluding carboxylic acids is 2. The summed E-state index contributed by atoms with van der Waals surface area (Å²) in [5, 5.41) is 21.1. The maximum Gasteiger partial charge on any atom is 0.270 e. The van der Waals surface area contributed by atoms with E-state index in [0.29, 0.717) is 11.2 Å². The molecule has 1 fully saturated rings. The molecule has 0 spiro atoms. The fourth-order valence-electron chi connectivity index (χ4n) is 4.65. The highest BCUT2D eigenvalue weighted by atomic mass is 35.5. The third-order valence-electron chi connectivity index (χ3n) is 6.57. The first-order chi connectivity index (χ1) is 17.5. The summed E-state index contributed by atoms with van der Waals surface area (Å²) in [5.74, 6) is -5.94. The second-order valence-corrected chi connectivity index (χ2v) is 9.54. The topological polar surface area (TPSA) is 103 Å². The van der Waals surface area contributed by atoms with Gasteiger partial charge in [0.2, 0.25) is 11.8 Å². The first-order valence-electron chi connectivity index (χ1n) is 11.6. The predicted molar refractivity (Wildman–Crippen MR) is 131 cm³/mol. The number of amides is 2. The van der Waals surface area contributed by atoms with Gasteiger partial charge in [-0.2, -0.15) is 9.83 Å². The fourth-order valence-corrected chi connectivity index (χ4v) is 4.95. The van der Waals surface area contributed by atoms with E-state index in [4.69, 9.17) is 11.6 Å². The first kappa shape index (κ1) is 26.5. The Balaban J connectivity index is 1.59. The van der Waals surface area contributed by atoms with Crippen LogP contribution in [0.2, 0.25) is 5.02 Å². The van der Waals surface area contributed by atoms with Crippen LogP contribution in [0.5, 0.6) is 0 Å². The molecule has 8 nitrogen and oxygen atoms in total. The standard InChI is InChI=1S/C25H25ClF3N5O3/c1-14-21(18(26)8-11-34(14)37)17-6-5-16(12-19(17)27)31-24(36)22(15-4-3-9-25(28,29)13-15)32-23(35)20-7-10-30-33(20)2/h5-8,10-12,15,22H,3-4,9,13H2,1-2H3,(H,31,36)(H,32,35)/t15-,22-/m0/s1. The van der Waals surface area contributed by atoms with Crippen molar-refractivity contribution in [3.8, 4) is 11.1 Å². The molecule has 2 heterocycles. The smallest absolute Gasteiger partial charge is 0.270 e. The number of alkyl halides is 2. The highest BCUT2D eigenvalue weighted by Gasteiger charge is 2.42. The Morgan fingerprint density at radius 3 is 2.70 bits per heavy atom. The molecule has 1 saturated carbocycles. The maximum absolute atomic E-state index is 15.1. The van der Waals surface area contributed by atoms with E-state index in [9.17, 15) is 23.6 Å². The van der Waals surface area contributed by atoms with Gasteiger partial charge in [0.05, 0.1) is 10.6 Å². The number of nitrogens with zero attached hydrogens (tertiary/aromatic N) is 3. The molecule has 0 unspecified atom stereocenters. The van der Waals surface area contributed by atoms with Crippen molar-refractivity contribution in [1.82, 2.24) is 15.1 Å². The van der Waals surface area contributed by atoms with Crippen molar-refractivity contribution in [2.24, 2.45) is 13.0 Å². The number of nitrogens with one attached hydrogen (secondary N) is 2. The number of hydrogen-bond acceptors (Lipinski definition) is 4. The van der Waals surface area contributed by atoms with Crippen molar-refractivity contribution >= 4 is 29.1 Å². The van der Waals surface area contributed by atoms with Gasteiger partial charge in [0.15, 0.2) is 11.9 Å². The zero-order valence-corrected chi connectivity index (χ0v) is 20.9. The van der Waals surface area contributed by atoms with Crippen molar-refractivity contribution in [1.29, 1.82) is 0 Å². The van der Waals surface area contributed by atoms with Crippen molar-refractivity contribution in [2.45, 2.75) is 44.6 Å². The lowest BCUT2D eigenvalue weighted by Gasteiger charge is -2.34. The molecule has 12 heteroatoms. The lowest BCUT2D eigenvalue weighted by Crippen LogP contribution is -2.51. The SMILES string of the molecule is Cc1c(-c2ccc(NC(=O)[C@@H](NC(=O)c3ccnn3C)[C@H]3CCCC(F)(F)C3)cc2F)c(Cl)cc[n+]1[O-]. The molecule has 0 bridgehead atoms. The van der Waals surface area contributed by atoms with Crippen LogP contribution in [0, 0.1) is 23.9 Å². The zero-order chi connectivity index (χ0) is 26.9. The molecule has 3 aromatic rings. The van der Waals surface area contributed by atoms with Gasteiger partial charge in [0, 0.05) is 50.3 Å². The molecule has 2 aromatic heterocycles. The summed E-state index contributed by atoms with van der Waals surface area (Å²) in [6.45, 7) is 1.50. The summed E-state index contributed by atoms with van der Waals surface area (Å²) >= 11 is 6.19. The van der Waals surface area contributed by atoms with Crippen LogP contribution in [-0.4, -0.2) is 33.6 Å². The summed E-state index contributed by atoms with van der Waals surface area (Å²) in [5.41, 5.74) is 0.660. The van der Waals surface area contributed by atoms with E-state index in [-0.39, 0.29) is 46.1 Å². The molecule has 2 amide bonds. The van der Waals surface area contributed by atoms with Gasteiger partial charge in [-0.25, -0.2) is 13.2 Å². The molecule has 4 rings (SSSR count). The number of halogens is 4. The highest BCUT2D eigenvalue weighted by molar-refractivity contribution is 6.33. The molecule has 37 heavy (non-hydrogen) atoms. The summed E-state index contributed by atoms with van der Waals surface area (Å²) in [4.78, 5) is 26.1. The van der Waals surface area contributed by atoms with Gasteiger partial charge in [0.25, 0.3) is 5.91 Å². The maximum atomic E-state index is 15.1. The molecular formula is C25H25ClF3N5O3. The number of benzene rings is 1. The number of rotatable bonds is 6. The summed E-state index contributed by atoms with van der Waals surface area (Å²) in [6.07, 6.45) is 2.27.